The second-order valence-electron chi connectivity index (χ2n) is 7.24. The third-order valence-electron chi connectivity index (χ3n) is 5.12. The number of benzene rings is 1. The number of nitrogens with zero attached hydrogens (tertiary/aromatic N) is 3. The minimum atomic E-state index is -0.0369. The Hall–Kier alpha value is -2.71. The van der Waals surface area contributed by atoms with Gasteiger partial charge in [-0.15, -0.1) is 11.3 Å². The molecule has 0 atom stereocenters. The van der Waals surface area contributed by atoms with Crippen LogP contribution in [-0.2, 0) is 4.79 Å². The number of anilines is 1. The molecule has 1 amide bonds. The minimum absolute atomic E-state index is 0.0369. The monoisotopic (exact) mass is 412 g/mol. The number of carbonyl (C=O) groups excluding carboxylic acids is 1. The topological polar surface area (TPSA) is 80.5 Å². The van der Waals surface area contributed by atoms with Gasteiger partial charge in [-0.1, -0.05) is 17.3 Å². The summed E-state index contributed by atoms with van der Waals surface area (Å²) in [6.07, 6.45) is 1.79. The van der Waals surface area contributed by atoms with Crippen LogP contribution in [0.1, 0.15) is 30.2 Å². The van der Waals surface area contributed by atoms with Crippen LogP contribution in [0.5, 0.6) is 5.75 Å². The second kappa shape index (κ2) is 8.75. The zero-order valence-corrected chi connectivity index (χ0v) is 17.4. The quantitative estimate of drug-likeness (QED) is 0.661. The average molecular weight is 413 g/mol. The Morgan fingerprint density at radius 3 is 2.90 bits per heavy atom. The molecule has 29 heavy (non-hydrogen) atoms. The fourth-order valence-corrected chi connectivity index (χ4v) is 4.21. The number of methoxy groups -OCH3 is 1. The molecule has 1 aliphatic rings. The lowest BCUT2D eigenvalue weighted by Crippen LogP contribution is -2.38. The number of amides is 1. The predicted octanol–water partition coefficient (Wildman–Crippen LogP) is 3.93. The molecular formula is C21H24N4O3S. The van der Waals surface area contributed by atoms with Crippen LogP contribution >= 0.6 is 11.3 Å². The van der Waals surface area contributed by atoms with Gasteiger partial charge in [-0.2, -0.15) is 4.98 Å². The van der Waals surface area contributed by atoms with E-state index in [4.69, 9.17) is 9.26 Å². The molecule has 0 bridgehead atoms. The normalized spacial score (nSPS) is 15.4. The average Bonchev–Trinajstić information content (AvgIpc) is 3.41. The third-order valence-corrected chi connectivity index (χ3v) is 5.98. The van der Waals surface area contributed by atoms with Gasteiger partial charge >= 0.3 is 0 Å². The smallest absolute Gasteiger partial charge is 0.238 e. The number of carbonyl (C=O) groups is 1. The Morgan fingerprint density at radius 2 is 2.17 bits per heavy atom. The van der Waals surface area contributed by atoms with E-state index in [1.165, 1.54) is 0 Å². The van der Waals surface area contributed by atoms with E-state index in [9.17, 15) is 4.79 Å². The maximum Gasteiger partial charge on any atom is 0.238 e. The van der Waals surface area contributed by atoms with Crippen LogP contribution in [0.2, 0.25) is 0 Å². The van der Waals surface area contributed by atoms with Crippen molar-refractivity contribution in [1.82, 2.24) is 15.0 Å². The van der Waals surface area contributed by atoms with Crippen LogP contribution in [-0.4, -0.2) is 47.7 Å². The van der Waals surface area contributed by atoms with Crippen molar-refractivity contribution in [2.45, 2.75) is 25.7 Å². The molecule has 152 valence electrons. The van der Waals surface area contributed by atoms with Gasteiger partial charge in [0, 0.05) is 5.92 Å². The number of aromatic nitrogens is 2. The molecule has 0 aliphatic carbocycles. The summed E-state index contributed by atoms with van der Waals surface area (Å²) in [5.74, 6) is 2.23. The fourth-order valence-electron chi connectivity index (χ4n) is 3.56. The molecule has 1 aromatic carbocycles. The molecule has 1 N–H and O–H groups in total. The van der Waals surface area contributed by atoms with Gasteiger partial charge in [0.15, 0.2) is 0 Å². The highest BCUT2D eigenvalue weighted by atomic mass is 32.1. The Bertz CT molecular complexity index is 962. The Labute approximate surface area is 173 Å². The third kappa shape index (κ3) is 4.65. The van der Waals surface area contributed by atoms with Gasteiger partial charge in [0.2, 0.25) is 17.6 Å². The first-order valence-corrected chi connectivity index (χ1v) is 10.5. The van der Waals surface area contributed by atoms with E-state index in [-0.39, 0.29) is 11.8 Å². The maximum absolute atomic E-state index is 12.5. The molecule has 3 aromatic rings. The van der Waals surface area contributed by atoms with Crippen LogP contribution in [0.3, 0.4) is 0 Å². The van der Waals surface area contributed by atoms with Crippen molar-refractivity contribution in [3.05, 3.63) is 47.2 Å². The van der Waals surface area contributed by atoms with E-state index in [0.717, 1.165) is 36.4 Å². The zero-order valence-electron chi connectivity index (χ0n) is 16.6. The predicted molar refractivity (Wildman–Crippen MR) is 112 cm³/mol. The molecule has 7 nitrogen and oxygen atoms in total. The van der Waals surface area contributed by atoms with Crippen molar-refractivity contribution in [3.8, 4) is 16.5 Å². The zero-order chi connectivity index (χ0) is 20.2. The van der Waals surface area contributed by atoms with Crippen molar-refractivity contribution in [1.29, 1.82) is 0 Å². The lowest BCUT2D eigenvalue weighted by Gasteiger charge is -2.29. The maximum atomic E-state index is 12.5. The highest BCUT2D eigenvalue weighted by Crippen LogP contribution is 2.30. The molecular weight excluding hydrogens is 388 g/mol. The van der Waals surface area contributed by atoms with Crippen LogP contribution in [0, 0.1) is 6.92 Å². The van der Waals surface area contributed by atoms with Crippen LogP contribution in [0.25, 0.3) is 10.7 Å². The van der Waals surface area contributed by atoms with Crippen LogP contribution in [0.4, 0.5) is 5.69 Å². The summed E-state index contributed by atoms with van der Waals surface area (Å²) in [6.45, 7) is 3.98. The summed E-state index contributed by atoms with van der Waals surface area (Å²) in [7, 11) is 1.60. The highest BCUT2D eigenvalue weighted by molar-refractivity contribution is 7.13. The van der Waals surface area contributed by atoms with Crippen molar-refractivity contribution >= 4 is 22.9 Å². The molecule has 0 radical (unpaired) electrons. The fraction of sp³-hybridized carbons (Fsp3) is 0.381. The van der Waals surface area contributed by atoms with Gasteiger partial charge in [-0.05, 0) is 62.0 Å². The van der Waals surface area contributed by atoms with Gasteiger partial charge in [0.05, 0.1) is 24.2 Å². The largest absolute Gasteiger partial charge is 0.495 e. The molecule has 0 unspecified atom stereocenters. The number of hydrogen-bond acceptors (Lipinski definition) is 7. The molecule has 0 spiro atoms. The van der Waals surface area contributed by atoms with Gasteiger partial charge in [0.25, 0.3) is 0 Å². The van der Waals surface area contributed by atoms with Crippen molar-refractivity contribution < 1.29 is 14.1 Å². The number of nitrogens with one attached hydrogen (secondary N) is 1. The first-order chi connectivity index (χ1) is 14.1. The first kappa shape index (κ1) is 19.6. The number of thiophene rings is 1. The van der Waals surface area contributed by atoms with Crippen molar-refractivity contribution in [2.24, 2.45) is 0 Å². The second-order valence-corrected chi connectivity index (χ2v) is 8.18. The summed E-state index contributed by atoms with van der Waals surface area (Å²) < 4.78 is 10.8. The van der Waals surface area contributed by atoms with E-state index >= 15 is 0 Å². The Kier molecular flexibility index (Phi) is 5.92. The Balaban J connectivity index is 1.30. The molecule has 8 heteroatoms. The summed E-state index contributed by atoms with van der Waals surface area (Å²) >= 11 is 1.60. The molecule has 4 rings (SSSR count). The number of ether oxygens (including phenoxy) is 1. The van der Waals surface area contributed by atoms with E-state index in [2.05, 4.69) is 20.4 Å². The summed E-state index contributed by atoms with van der Waals surface area (Å²) in [5.41, 5.74) is 1.78. The molecule has 2 aromatic heterocycles. The Morgan fingerprint density at radius 1 is 1.34 bits per heavy atom. The van der Waals surface area contributed by atoms with Gasteiger partial charge in [-0.25, -0.2) is 0 Å². The number of rotatable bonds is 6. The van der Waals surface area contributed by atoms with Gasteiger partial charge in [-0.3, -0.25) is 9.69 Å². The molecule has 3 heterocycles. The van der Waals surface area contributed by atoms with Gasteiger partial charge in [0.1, 0.15) is 5.75 Å². The molecule has 1 saturated heterocycles. The van der Waals surface area contributed by atoms with Crippen molar-refractivity contribution in [3.63, 3.8) is 0 Å². The molecule has 1 fully saturated rings. The lowest BCUT2D eigenvalue weighted by atomic mass is 9.97. The van der Waals surface area contributed by atoms with E-state index in [0.29, 0.717) is 29.7 Å². The molecule has 0 saturated carbocycles. The van der Waals surface area contributed by atoms with E-state index < -0.39 is 0 Å². The SMILES string of the molecule is COc1ccc(C)cc1NC(=O)CN1CCC(c2nc(-c3cccs3)no2)CC1. The van der Waals surface area contributed by atoms with E-state index in [1.54, 1.807) is 18.4 Å². The van der Waals surface area contributed by atoms with Crippen LogP contribution < -0.4 is 10.1 Å². The number of aryl methyl sites for hydroxylation is 1. The summed E-state index contributed by atoms with van der Waals surface area (Å²) in [4.78, 5) is 20.2. The number of piperidine rings is 1. The first-order valence-electron chi connectivity index (χ1n) is 9.66. The number of hydrogen-bond donors (Lipinski definition) is 1. The summed E-state index contributed by atoms with van der Waals surface area (Å²) in [6, 6.07) is 9.71. The molecule has 1 aliphatic heterocycles. The summed E-state index contributed by atoms with van der Waals surface area (Å²) in [5, 5.41) is 9.07. The standard InChI is InChI=1S/C21H24N4O3S/c1-14-5-6-17(27-2)16(12-14)22-19(26)13-25-9-7-15(8-10-25)21-23-20(24-28-21)18-4-3-11-29-18/h3-6,11-12,15H,7-10,13H2,1-2H3,(H,22,26). The highest BCUT2D eigenvalue weighted by Gasteiger charge is 2.26. The van der Waals surface area contributed by atoms with Crippen molar-refractivity contribution in [2.75, 3.05) is 32.1 Å². The van der Waals surface area contributed by atoms with Crippen LogP contribution in [0.15, 0.2) is 40.2 Å². The lowest BCUT2D eigenvalue weighted by molar-refractivity contribution is -0.117. The minimum Gasteiger partial charge on any atom is -0.495 e. The number of likely N-dealkylation sites (tertiary alicyclic amines) is 1. The van der Waals surface area contributed by atoms with E-state index in [1.807, 2.05) is 42.6 Å². The van der Waals surface area contributed by atoms with Gasteiger partial charge < -0.3 is 14.6 Å².